The number of aliphatic hydroxyl groups excluding tert-OH is 1. The maximum absolute atomic E-state index is 9.02. The fourth-order valence-electron chi connectivity index (χ4n) is 2.32. The van der Waals surface area contributed by atoms with Crippen LogP contribution >= 0.6 is 0 Å². The number of aromatic nitrogens is 2. The van der Waals surface area contributed by atoms with E-state index in [0.29, 0.717) is 0 Å². The Kier molecular flexibility index (Phi) is 3.82. The van der Waals surface area contributed by atoms with Crippen LogP contribution in [0.1, 0.15) is 35.0 Å². The number of rotatable bonds is 4. The normalized spacial score (nSPS) is 10.9. The van der Waals surface area contributed by atoms with Gasteiger partial charge in [-0.05, 0) is 37.0 Å². The zero-order chi connectivity index (χ0) is 13.1. The highest BCUT2D eigenvalue weighted by molar-refractivity contribution is 5.27. The summed E-state index contributed by atoms with van der Waals surface area (Å²) in [6, 6.07) is 8.02. The zero-order valence-corrected chi connectivity index (χ0v) is 11.3. The molecule has 0 amide bonds. The van der Waals surface area contributed by atoms with E-state index in [2.05, 4.69) is 30.6 Å². The van der Waals surface area contributed by atoms with Gasteiger partial charge in [-0.15, -0.1) is 0 Å². The summed E-state index contributed by atoms with van der Waals surface area (Å²) >= 11 is 0. The number of nitrogens with zero attached hydrogens (tertiary/aromatic N) is 2. The minimum atomic E-state index is 0.0974. The average molecular weight is 244 g/mol. The van der Waals surface area contributed by atoms with E-state index in [9.17, 15) is 0 Å². The minimum Gasteiger partial charge on any atom is -0.392 e. The summed E-state index contributed by atoms with van der Waals surface area (Å²) in [5, 5.41) is 13.6. The molecule has 0 saturated carbocycles. The van der Waals surface area contributed by atoms with Crippen LogP contribution in [-0.2, 0) is 19.6 Å². The zero-order valence-electron chi connectivity index (χ0n) is 11.3. The Balaban J connectivity index is 2.22. The van der Waals surface area contributed by atoms with Gasteiger partial charge in [0.2, 0.25) is 0 Å². The predicted molar refractivity (Wildman–Crippen MR) is 72.5 cm³/mol. The third-order valence-electron chi connectivity index (χ3n) is 3.42. The average Bonchev–Trinajstić information content (AvgIpc) is 2.65. The largest absolute Gasteiger partial charge is 0.392 e. The van der Waals surface area contributed by atoms with Crippen molar-refractivity contribution in [1.82, 2.24) is 9.78 Å². The van der Waals surface area contributed by atoms with E-state index in [0.717, 1.165) is 24.2 Å². The van der Waals surface area contributed by atoms with Crippen molar-refractivity contribution in [3.05, 3.63) is 52.3 Å². The maximum atomic E-state index is 9.02. The molecule has 0 aliphatic rings. The van der Waals surface area contributed by atoms with Crippen molar-refractivity contribution in [2.45, 2.75) is 40.3 Å². The third kappa shape index (κ3) is 2.46. The molecule has 2 rings (SSSR count). The van der Waals surface area contributed by atoms with Crippen LogP contribution in [0.3, 0.4) is 0 Å². The first kappa shape index (κ1) is 12.8. The predicted octanol–water partition coefficient (Wildman–Crippen LogP) is 2.60. The Bertz CT molecular complexity index is 526. The van der Waals surface area contributed by atoms with Crippen LogP contribution in [0.5, 0.6) is 0 Å². The molecule has 1 heterocycles. The first-order chi connectivity index (χ1) is 8.65. The van der Waals surface area contributed by atoms with E-state index < -0.39 is 0 Å². The molecule has 0 saturated heterocycles. The molecule has 0 aliphatic carbocycles. The molecule has 3 nitrogen and oxygen atoms in total. The van der Waals surface area contributed by atoms with Gasteiger partial charge < -0.3 is 5.11 Å². The summed E-state index contributed by atoms with van der Waals surface area (Å²) in [6.07, 6.45) is 1.03. The quantitative estimate of drug-likeness (QED) is 0.897. The van der Waals surface area contributed by atoms with E-state index in [-0.39, 0.29) is 6.61 Å². The summed E-state index contributed by atoms with van der Waals surface area (Å²) in [6.45, 7) is 7.24. The van der Waals surface area contributed by atoms with E-state index in [1.165, 1.54) is 16.8 Å². The van der Waals surface area contributed by atoms with Gasteiger partial charge in [0.25, 0.3) is 0 Å². The Morgan fingerprint density at radius 1 is 1.11 bits per heavy atom. The van der Waals surface area contributed by atoms with E-state index in [1.807, 2.05) is 24.3 Å². The van der Waals surface area contributed by atoms with Crippen molar-refractivity contribution in [2.24, 2.45) is 0 Å². The summed E-state index contributed by atoms with van der Waals surface area (Å²) in [5.41, 5.74) is 5.88. The van der Waals surface area contributed by atoms with Gasteiger partial charge in [0.15, 0.2) is 0 Å². The van der Waals surface area contributed by atoms with E-state index in [4.69, 9.17) is 5.11 Å². The first-order valence-corrected chi connectivity index (χ1v) is 6.37. The van der Waals surface area contributed by atoms with Gasteiger partial charge in [0, 0.05) is 5.69 Å². The lowest BCUT2D eigenvalue weighted by atomic mass is 10.1. The number of hydrogen-bond donors (Lipinski definition) is 1. The summed E-state index contributed by atoms with van der Waals surface area (Å²) in [5.74, 6) is 0. The molecule has 0 atom stereocenters. The molecule has 1 aromatic carbocycles. The van der Waals surface area contributed by atoms with Crippen LogP contribution in [-0.4, -0.2) is 14.9 Å². The highest BCUT2D eigenvalue weighted by Gasteiger charge is 2.09. The van der Waals surface area contributed by atoms with Crippen LogP contribution in [0.4, 0.5) is 0 Å². The number of aliphatic hydroxyl groups is 1. The molecule has 1 aromatic heterocycles. The van der Waals surface area contributed by atoms with Gasteiger partial charge >= 0.3 is 0 Å². The fourth-order valence-corrected chi connectivity index (χ4v) is 2.32. The maximum Gasteiger partial charge on any atom is 0.0681 e. The SMILES string of the molecule is CCc1c(C)nn(Cc2ccc(CO)cc2)c1C. The van der Waals surface area contributed by atoms with Crippen molar-refractivity contribution in [2.75, 3.05) is 0 Å². The Hall–Kier alpha value is -1.61. The molecule has 0 bridgehead atoms. The molecule has 0 fully saturated rings. The Labute approximate surface area is 108 Å². The minimum absolute atomic E-state index is 0.0974. The monoisotopic (exact) mass is 244 g/mol. The topological polar surface area (TPSA) is 38.0 Å². The van der Waals surface area contributed by atoms with E-state index in [1.54, 1.807) is 0 Å². The third-order valence-corrected chi connectivity index (χ3v) is 3.42. The van der Waals surface area contributed by atoms with Gasteiger partial charge in [-0.25, -0.2) is 0 Å². The van der Waals surface area contributed by atoms with Gasteiger partial charge in [0.05, 0.1) is 18.8 Å². The number of hydrogen-bond acceptors (Lipinski definition) is 2. The molecular formula is C15H20N2O. The molecule has 2 aromatic rings. The van der Waals surface area contributed by atoms with Crippen molar-refractivity contribution in [1.29, 1.82) is 0 Å². The van der Waals surface area contributed by atoms with Gasteiger partial charge in [0.1, 0.15) is 0 Å². The standard InChI is InChI=1S/C15H20N2O/c1-4-15-11(2)16-17(12(15)3)9-13-5-7-14(10-18)8-6-13/h5-8,18H,4,9-10H2,1-3H3. The van der Waals surface area contributed by atoms with Crippen LogP contribution in [0.2, 0.25) is 0 Å². The summed E-state index contributed by atoms with van der Waals surface area (Å²) in [4.78, 5) is 0. The highest BCUT2D eigenvalue weighted by Crippen LogP contribution is 2.15. The Morgan fingerprint density at radius 2 is 1.72 bits per heavy atom. The Morgan fingerprint density at radius 3 is 2.22 bits per heavy atom. The first-order valence-electron chi connectivity index (χ1n) is 6.37. The lowest BCUT2D eigenvalue weighted by Gasteiger charge is -2.06. The highest BCUT2D eigenvalue weighted by atomic mass is 16.3. The fraction of sp³-hybridized carbons (Fsp3) is 0.400. The van der Waals surface area contributed by atoms with Crippen molar-refractivity contribution in [3.63, 3.8) is 0 Å². The molecule has 18 heavy (non-hydrogen) atoms. The van der Waals surface area contributed by atoms with Crippen LogP contribution in [0.15, 0.2) is 24.3 Å². The molecule has 0 radical (unpaired) electrons. The molecule has 1 N–H and O–H groups in total. The van der Waals surface area contributed by atoms with Crippen molar-refractivity contribution in [3.8, 4) is 0 Å². The lowest BCUT2D eigenvalue weighted by molar-refractivity contribution is 0.282. The van der Waals surface area contributed by atoms with Gasteiger partial charge in [-0.1, -0.05) is 31.2 Å². The molecule has 0 unspecified atom stereocenters. The van der Waals surface area contributed by atoms with Crippen LogP contribution in [0, 0.1) is 13.8 Å². The molecule has 3 heteroatoms. The number of benzene rings is 1. The molecular weight excluding hydrogens is 224 g/mol. The summed E-state index contributed by atoms with van der Waals surface area (Å²) < 4.78 is 2.06. The summed E-state index contributed by atoms with van der Waals surface area (Å²) in [7, 11) is 0. The number of aryl methyl sites for hydroxylation is 1. The molecule has 96 valence electrons. The second-order valence-corrected chi connectivity index (χ2v) is 4.64. The van der Waals surface area contributed by atoms with Crippen LogP contribution < -0.4 is 0 Å². The molecule has 0 spiro atoms. The van der Waals surface area contributed by atoms with E-state index >= 15 is 0 Å². The molecule has 0 aliphatic heterocycles. The van der Waals surface area contributed by atoms with Crippen molar-refractivity contribution < 1.29 is 5.11 Å². The van der Waals surface area contributed by atoms with Crippen molar-refractivity contribution >= 4 is 0 Å². The second kappa shape index (κ2) is 5.36. The van der Waals surface area contributed by atoms with Crippen LogP contribution in [0.25, 0.3) is 0 Å². The van der Waals surface area contributed by atoms with Gasteiger partial charge in [-0.2, -0.15) is 5.10 Å². The lowest BCUT2D eigenvalue weighted by Crippen LogP contribution is -2.04. The smallest absolute Gasteiger partial charge is 0.0681 e. The van der Waals surface area contributed by atoms with Gasteiger partial charge in [-0.3, -0.25) is 4.68 Å². The second-order valence-electron chi connectivity index (χ2n) is 4.64.